The fourth-order valence-electron chi connectivity index (χ4n) is 7.81. The normalized spacial score (nSPS) is 22.1. The van der Waals surface area contributed by atoms with Crippen LogP contribution >= 0.6 is 7.82 Å². The van der Waals surface area contributed by atoms with Crippen molar-refractivity contribution >= 4 is 13.8 Å². The van der Waals surface area contributed by atoms with E-state index in [2.05, 4.69) is 38.2 Å². The molecule has 0 aliphatic heterocycles. The molecule has 0 saturated heterocycles. The number of ether oxygens (including phenoxy) is 2. The van der Waals surface area contributed by atoms with Gasteiger partial charge in [-0.3, -0.25) is 13.8 Å². The van der Waals surface area contributed by atoms with Crippen molar-refractivity contribution in [3.63, 3.8) is 0 Å². The van der Waals surface area contributed by atoms with Gasteiger partial charge in [0.2, 0.25) is 0 Å². The molecule has 62 heavy (non-hydrogen) atoms. The summed E-state index contributed by atoms with van der Waals surface area (Å²) in [6, 6.07) is 0. The van der Waals surface area contributed by atoms with Gasteiger partial charge in [0.15, 0.2) is 0 Å². The number of esters is 1. The predicted octanol–water partition coefficient (Wildman–Crippen LogP) is 10.9. The first kappa shape index (κ1) is 58.8. The average molecular weight is 905 g/mol. The van der Waals surface area contributed by atoms with Crippen LogP contribution < -0.4 is 0 Å². The highest BCUT2D eigenvalue weighted by Crippen LogP contribution is 2.47. The van der Waals surface area contributed by atoms with Crippen LogP contribution in [0.2, 0.25) is 0 Å². The molecule has 0 aromatic heterocycles. The molecule has 0 aromatic rings. The van der Waals surface area contributed by atoms with Gasteiger partial charge in [-0.1, -0.05) is 199 Å². The van der Waals surface area contributed by atoms with E-state index < -0.39 is 63.1 Å². The SMILES string of the molecule is CCC/C=C\C/C=C\CCCCCCCCOCC(COP(=O)(O)OC1C(O)C(O)C(O)C(O)C1O)OC(=O)CCCCCCCCCCCCCCCCCCCCCCC. The average Bonchev–Trinajstić information content (AvgIpc) is 3.26. The number of phosphoric ester groups is 1. The summed E-state index contributed by atoms with van der Waals surface area (Å²) in [4.78, 5) is 23.2. The second kappa shape index (κ2) is 40.1. The number of carbonyl (C=O) groups excluding carboxylic acids is 1. The van der Waals surface area contributed by atoms with E-state index in [0.717, 1.165) is 64.2 Å². The topological polar surface area (TPSA) is 192 Å². The summed E-state index contributed by atoms with van der Waals surface area (Å²) < 4.78 is 34.2. The number of hydrogen-bond donors (Lipinski definition) is 6. The molecule has 0 spiro atoms. The molecule has 1 saturated carbocycles. The number of aliphatic hydroxyl groups excluding tert-OH is 5. The van der Waals surface area contributed by atoms with Gasteiger partial charge < -0.3 is 39.9 Å². The fraction of sp³-hybridized carbons (Fsp3) is 0.898. The van der Waals surface area contributed by atoms with Crippen molar-refractivity contribution in [3.8, 4) is 0 Å². The Labute approximate surface area is 377 Å². The summed E-state index contributed by atoms with van der Waals surface area (Å²) in [5.41, 5.74) is 0. The third-order valence-corrected chi connectivity index (χ3v) is 12.8. The van der Waals surface area contributed by atoms with Gasteiger partial charge in [-0.05, 0) is 38.5 Å². The third-order valence-electron chi connectivity index (χ3n) is 11.8. The maximum atomic E-state index is 12.8. The van der Waals surface area contributed by atoms with Gasteiger partial charge in [-0.25, -0.2) is 4.57 Å². The Hall–Kier alpha value is -1.18. The zero-order chi connectivity index (χ0) is 45.5. The molecule has 0 aromatic carbocycles. The number of unbranched alkanes of at least 4 members (excludes halogenated alkanes) is 27. The lowest BCUT2D eigenvalue weighted by Gasteiger charge is -2.41. The Morgan fingerprint density at radius 2 is 0.935 bits per heavy atom. The molecule has 6 atom stereocenters. The molecule has 1 aliphatic carbocycles. The first-order valence-corrected chi connectivity index (χ1v) is 26.7. The molecule has 1 rings (SSSR count). The maximum Gasteiger partial charge on any atom is 0.472 e. The van der Waals surface area contributed by atoms with E-state index in [1.807, 2.05) is 0 Å². The van der Waals surface area contributed by atoms with Crippen LogP contribution in [0.3, 0.4) is 0 Å². The number of phosphoric acid groups is 1. The zero-order valence-corrected chi connectivity index (χ0v) is 40.1. The molecule has 6 unspecified atom stereocenters. The Balaban J connectivity index is 2.32. The molecule has 0 heterocycles. The van der Waals surface area contributed by atoms with Crippen LogP contribution in [0, 0.1) is 0 Å². The van der Waals surface area contributed by atoms with Gasteiger partial charge in [0, 0.05) is 13.0 Å². The van der Waals surface area contributed by atoms with Crippen molar-refractivity contribution in [1.29, 1.82) is 0 Å². The fourth-order valence-corrected chi connectivity index (χ4v) is 8.78. The number of hydrogen-bond acceptors (Lipinski definition) is 11. The Morgan fingerprint density at radius 1 is 0.516 bits per heavy atom. The minimum Gasteiger partial charge on any atom is -0.457 e. The highest BCUT2D eigenvalue weighted by atomic mass is 31.2. The molecule has 1 aliphatic rings. The van der Waals surface area contributed by atoms with E-state index in [4.69, 9.17) is 18.5 Å². The van der Waals surface area contributed by atoms with E-state index >= 15 is 0 Å². The Bertz CT molecular complexity index is 1120. The first-order valence-electron chi connectivity index (χ1n) is 25.2. The van der Waals surface area contributed by atoms with E-state index in [9.17, 15) is 39.8 Å². The van der Waals surface area contributed by atoms with Crippen molar-refractivity contribution in [3.05, 3.63) is 24.3 Å². The zero-order valence-electron chi connectivity index (χ0n) is 39.2. The lowest BCUT2D eigenvalue weighted by Crippen LogP contribution is -2.64. The van der Waals surface area contributed by atoms with Gasteiger partial charge in [0.05, 0.1) is 13.2 Å². The summed E-state index contributed by atoms with van der Waals surface area (Å²) in [6.07, 6.45) is 33.9. The van der Waals surface area contributed by atoms with E-state index in [1.165, 1.54) is 128 Å². The Kier molecular flexibility index (Phi) is 38.1. The van der Waals surface area contributed by atoms with Crippen LogP contribution in [0.5, 0.6) is 0 Å². The van der Waals surface area contributed by atoms with Gasteiger partial charge in [-0.15, -0.1) is 0 Å². The maximum absolute atomic E-state index is 12.8. The number of allylic oxidation sites excluding steroid dienone is 4. The molecular formula is C49H93O12P. The summed E-state index contributed by atoms with van der Waals surface area (Å²) in [5, 5.41) is 50.2. The number of rotatable bonds is 43. The first-order chi connectivity index (χ1) is 30.0. The lowest BCUT2D eigenvalue weighted by atomic mass is 9.85. The van der Waals surface area contributed by atoms with Crippen molar-refractivity contribution in [2.24, 2.45) is 0 Å². The minimum absolute atomic E-state index is 0.0800. The Morgan fingerprint density at radius 3 is 1.42 bits per heavy atom. The van der Waals surface area contributed by atoms with Crippen molar-refractivity contribution < 1.29 is 58.3 Å². The van der Waals surface area contributed by atoms with Gasteiger partial charge in [0.25, 0.3) is 0 Å². The molecule has 13 heteroatoms. The molecule has 0 amide bonds. The van der Waals surface area contributed by atoms with Crippen molar-refractivity contribution in [2.45, 2.75) is 262 Å². The van der Waals surface area contributed by atoms with Gasteiger partial charge in [0.1, 0.15) is 42.7 Å². The van der Waals surface area contributed by atoms with Gasteiger partial charge >= 0.3 is 13.8 Å². The smallest absolute Gasteiger partial charge is 0.457 e. The van der Waals surface area contributed by atoms with Crippen LogP contribution in [-0.2, 0) is 27.9 Å². The largest absolute Gasteiger partial charge is 0.472 e. The second-order valence-corrected chi connectivity index (χ2v) is 19.1. The van der Waals surface area contributed by atoms with Crippen LogP contribution in [0.15, 0.2) is 24.3 Å². The summed E-state index contributed by atoms with van der Waals surface area (Å²) in [5.74, 6) is -0.477. The highest BCUT2D eigenvalue weighted by Gasteiger charge is 2.51. The van der Waals surface area contributed by atoms with Crippen molar-refractivity contribution in [2.75, 3.05) is 19.8 Å². The third kappa shape index (κ3) is 31.7. The minimum atomic E-state index is -5.02. The van der Waals surface area contributed by atoms with Crippen LogP contribution in [0.1, 0.15) is 219 Å². The van der Waals surface area contributed by atoms with E-state index in [0.29, 0.717) is 13.0 Å². The molecule has 0 bridgehead atoms. The van der Waals surface area contributed by atoms with Crippen LogP contribution in [0.4, 0.5) is 0 Å². The summed E-state index contributed by atoms with van der Waals surface area (Å²) >= 11 is 0. The predicted molar refractivity (Wildman–Crippen MR) is 249 cm³/mol. The lowest BCUT2D eigenvalue weighted by molar-refractivity contribution is -0.220. The summed E-state index contributed by atoms with van der Waals surface area (Å²) in [6.45, 7) is 4.20. The molecule has 6 N–H and O–H groups in total. The quantitative estimate of drug-likeness (QED) is 0.0147. The van der Waals surface area contributed by atoms with Gasteiger partial charge in [-0.2, -0.15) is 0 Å². The summed E-state index contributed by atoms with van der Waals surface area (Å²) in [7, 11) is -5.02. The second-order valence-electron chi connectivity index (χ2n) is 17.7. The highest BCUT2D eigenvalue weighted by molar-refractivity contribution is 7.47. The molecular weight excluding hydrogens is 812 g/mol. The molecule has 12 nitrogen and oxygen atoms in total. The molecule has 1 fully saturated rings. The molecule has 0 radical (unpaired) electrons. The van der Waals surface area contributed by atoms with Crippen LogP contribution in [-0.4, -0.2) is 98.9 Å². The van der Waals surface area contributed by atoms with E-state index in [1.54, 1.807) is 0 Å². The van der Waals surface area contributed by atoms with Crippen molar-refractivity contribution in [1.82, 2.24) is 0 Å². The van der Waals surface area contributed by atoms with Crippen LogP contribution in [0.25, 0.3) is 0 Å². The standard InChI is InChI=1S/C49H93O12P/c1-3-5-7-9-11-13-15-17-19-20-21-22-23-24-25-26-28-30-32-34-36-38-43(50)60-42(40-58-39-37-35-33-31-29-27-18-16-14-12-10-8-6-4-2)41-59-62(56,57)61-49-47(54)45(52)44(51)46(53)48(49)55/h8,10,14,16,42,44-49,51-55H,3-7,9,11-13,15,17-41H2,1-2H3,(H,56,57)/b10-8-,16-14-. The number of carbonyl (C=O) groups is 1. The number of aliphatic hydroxyl groups is 5. The molecule has 366 valence electrons. The van der Waals surface area contributed by atoms with E-state index in [-0.39, 0.29) is 13.0 Å². The monoisotopic (exact) mass is 905 g/mol.